The van der Waals surface area contributed by atoms with Crippen molar-refractivity contribution in [3.63, 3.8) is 0 Å². The molecule has 0 unspecified atom stereocenters. The molecule has 0 spiro atoms. The van der Waals surface area contributed by atoms with Gasteiger partial charge in [-0.3, -0.25) is 9.36 Å². The van der Waals surface area contributed by atoms with Crippen molar-refractivity contribution in [1.82, 2.24) is 9.55 Å². The van der Waals surface area contributed by atoms with Gasteiger partial charge in [-0.1, -0.05) is 55.8 Å². The maximum atomic E-state index is 12.7. The Morgan fingerprint density at radius 3 is 2.54 bits per heavy atom. The van der Waals surface area contributed by atoms with Crippen molar-refractivity contribution in [3.05, 3.63) is 81.4 Å². The topological polar surface area (TPSA) is 78.9 Å². The van der Waals surface area contributed by atoms with Crippen LogP contribution in [0, 0.1) is 18.3 Å². The summed E-state index contributed by atoms with van der Waals surface area (Å²) in [5, 5.41) is 19.2. The minimum absolute atomic E-state index is 0.184. The van der Waals surface area contributed by atoms with Gasteiger partial charge < -0.3 is 5.11 Å². The van der Waals surface area contributed by atoms with Gasteiger partial charge in [0.2, 0.25) is 5.88 Å². The summed E-state index contributed by atoms with van der Waals surface area (Å²) in [6.07, 6.45) is 2.53. The first kappa shape index (κ1) is 19.4. The molecule has 0 bridgehead atoms. The van der Waals surface area contributed by atoms with E-state index in [0.29, 0.717) is 24.4 Å². The fourth-order valence-electron chi connectivity index (χ4n) is 3.18. The van der Waals surface area contributed by atoms with E-state index >= 15 is 0 Å². The quantitative estimate of drug-likeness (QED) is 0.703. The van der Waals surface area contributed by atoms with E-state index in [9.17, 15) is 15.2 Å². The van der Waals surface area contributed by atoms with Gasteiger partial charge in [0.1, 0.15) is 5.82 Å². The standard InChI is InChI=1S/C23H23N3O2/c1-3-4-9-21-25-22(27)16(2)23(28)26(21)15-17-10-12-18(13-11-17)20-8-6-5-7-19(20)14-24/h5-8,10-13,27H,3-4,9,15H2,1-2H3. The average molecular weight is 373 g/mol. The summed E-state index contributed by atoms with van der Waals surface area (Å²) >= 11 is 0. The van der Waals surface area contributed by atoms with Crippen LogP contribution in [0.2, 0.25) is 0 Å². The summed E-state index contributed by atoms with van der Waals surface area (Å²) in [4.78, 5) is 16.9. The molecule has 3 aromatic rings. The van der Waals surface area contributed by atoms with Gasteiger partial charge in [0.15, 0.2) is 0 Å². The zero-order valence-corrected chi connectivity index (χ0v) is 16.1. The predicted molar refractivity (Wildman–Crippen MR) is 109 cm³/mol. The van der Waals surface area contributed by atoms with Crippen molar-refractivity contribution in [2.24, 2.45) is 0 Å². The molecule has 2 aromatic carbocycles. The van der Waals surface area contributed by atoms with Crippen LogP contribution in [0.5, 0.6) is 5.88 Å². The molecule has 0 radical (unpaired) electrons. The van der Waals surface area contributed by atoms with Gasteiger partial charge in [-0.2, -0.15) is 10.2 Å². The van der Waals surface area contributed by atoms with Crippen LogP contribution in [0.25, 0.3) is 11.1 Å². The second kappa shape index (κ2) is 8.53. The maximum Gasteiger partial charge on any atom is 0.260 e. The molecule has 0 aliphatic carbocycles. The third kappa shape index (κ3) is 3.96. The molecule has 28 heavy (non-hydrogen) atoms. The second-order valence-electron chi connectivity index (χ2n) is 6.83. The molecular weight excluding hydrogens is 350 g/mol. The number of hydrogen-bond acceptors (Lipinski definition) is 4. The summed E-state index contributed by atoms with van der Waals surface area (Å²) in [5.41, 5.74) is 3.49. The minimum atomic E-state index is -0.211. The smallest absolute Gasteiger partial charge is 0.260 e. The lowest BCUT2D eigenvalue weighted by molar-refractivity contribution is 0.434. The fourth-order valence-corrected chi connectivity index (χ4v) is 3.18. The van der Waals surface area contributed by atoms with Crippen LogP contribution >= 0.6 is 0 Å². The molecule has 0 aliphatic heterocycles. The van der Waals surface area contributed by atoms with E-state index in [1.807, 2.05) is 42.5 Å². The first-order valence-corrected chi connectivity index (χ1v) is 9.42. The number of aromatic nitrogens is 2. The van der Waals surface area contributed by atoms with Gasteiger partial charge in [-0.25, -0.2) is 0 Å². The normalized spacial score (nSPS) is 10.6. The van der Waals surface area contributed by atoms with Crippen LogP contribution in [0.3, 0.4) is 0 Å². The number of aryl methyl sites for hydroxylation is 1. The molecule has 5 nitrogen and oxygen atoms in total. The summed E-state index contributed by atoms with van der Waals surface area (Å²) < 4.78 is 1.64. The molecule has 0 saturated carbocycles. The van der Waals surface area contributed by atoms with E-state index in [1.54, 1.807) is 17.6 Å². The van der Waals surface area contributed by atoms with E-state index in [2.05, 4.69) is 18.0 Å². The maximum absolute atomic E-state index is 12.7. The average Bonchev–Trinajstić information content (AvgIpc) is 2.73. The van der Waals surface area contributed by atoms with Crippen LogP contribution in [0.4, 0.5) is 0 Å². The summed E-state index contributed by atoms with van der Waals surface area (Å²) in [7, 11) is 0. The Labute approximate surface area is 164 Å². The minimum Gasteiger partial charge on any atom is -0.493 e. The fraction of sp³-hybridized carbons (Fsp3) is 0.261. The van der Waals surface area contributed by atoms with E-state index in [0.717, 1.165) is 29.5 Å². The molecular formula is C23H23N3O2. The first-order valence-electron chi connectivity index (χ1n) is 9.42. The van der Waals surface area contributed by atoms with Crippen molar-refractivity contribution in [3.8, 4) is 23.1 Å². The number of rotatable bonds is 6. The Kier molecular flexibility index (Phi) is 5.90. The highest BCUT2D eigenvalue weighted by atomic mass is 16.3. The lowest BCUT2D eigenvalue weighted by Crippen LogP contribution is -2.27. The molecule has 0 atom stereocenters. The molecule has 0 fully saturated rings. The number of unbranched alkanes of at least 4 members (excludes halogenated alkanes) is 1. The SMILES string of the molecule is CCCCc1nc(O)c(C)c(=O)n1Cc1ccc(-c2ccccc2C#N)cc1. The Bertz CT molecular complexity index is 1080. The Hall–Kier alpha value is -3.39. The second-order valence-corrected chi connectivity index (χ2v) is 6.83. The molecule has 5 heteroatoms. The van der Waals surface area contributed by atoms with E-state index < -0.39 is 0 Å². The van der Waals surface area contributed by atoms with Gasteiger partial charge in [-0.05, 0) is 36.1 Å². The zero-order valence-electron chi connectivity index (χ0n) is 16.1. The predicted octanol–water partition coefficient (Wildman–Crippen LogP) is 4.19. The molecule has 3 rings (SSSR count). The highest BCUT2D eigenvalue weighted by Crippen LogP contribution is 2.24. The van der Waals surface area contributed by atoms with Crippen molar-refractivity contribution in [2.45, 2.75) is 39.7 Å². The molecule has 1 N–H and O–H groups in total. The van der Waals surface area contributed by atoms with Gasteiger partial charge in [0.05, 0.1) is 23.7 Å². The summed E-state index contributed by atoms with van der Waals surface area (Å²) in [6.45, 7) is 4.06. The number of nitrogens with zero attached hydrogens (tertiary/aromatic N) is 3. The first-order chi connectivity index (χ1) is 13.5. The van der Waals surface area contributed by atoms with Gasteiger partial charge in [0.25, 0.3) is 5.56 Å². The highest BCUT2D eigenvalue weighted by Gasteiger charge is 2.13. The summed E-state index contributed by atoms with van der Waals surface area (Å²) in [5.74, 6) is 0.421. The molecule has 1 heterocycles. The van der Waals surface area contributed by atoms with Crippen LogP contribution in [0.15, 0.2) is 53.3 Å². The van der Waals surface area contributed by atoms with Gasteiger partial charge in [0, 0.05) is 6.42 Å². The van der Waals surface area contributed by atoms with Crippen molar-refractivity contribution in [2.75, 3.05) is 0 Å². The zero-order chi connectivity index (χ0) is 20.1. The number of nitriles is 1. The Balaban J connectivity index is 1.94. The molecule has 0 amide bonds. The Morgan fingerprint density at radius 2 is 1.86 bits per heavy atom. The van der Waals surface area contributed by atoms with Crippen LogP contribution in [0.1, 0.15) is 42.3 Å². The number of aromatic hydroxyl groups is 1. The molecule has 0 saturated heterocycles. The third-order valence-electron chi connectivity index (χ3n) is 4.85. The van der Waals surface area contributed by atoms with Gasteiger partial charge in [-0.15, -0.1) is 0 Å². The number of benzene rings is 2. The monoisotopic (exact) mass is 373 g/mol. The van der Waals surface area contributed by atoms with Crippen molar-refractivity contribution < 1.29 is 5.11 Å². The van der Waals surface area contributed by atoms with Crippen LogP contribution < -0.4 is 5.56 Å². The lowest BCUT2D eigenvalue weighted by Gasteiger charge is -2.14. The van der Waals surface area contributed by atoms with Crippen molar-refractivity contribution in [1.29, 1.82) is 5.26 Å². The van der Waals surface area contributed by atoms with E-state index in [-0.39, 0.29) is 17.0 Å². The van der Waals surface area contributed by atoms with Crippen LogP contribution in [-0.4, -0.2) is 14.7 Å². The molecule has 142 valence electrons. The number of hydrogen-bond donors (Lipinski definition) is 1. The van der Waals surface area contributed by atoms with Gasteiger partial charge >= 0.3 is 0 Å². The van der Waals surface area contributed by atoms with Crippen LogP contribution in [-0.2, 0) is 13.0 Å². The summed E-state index contributed by atoms with van der Waals surface area (Å²) in [6, 6.07) is 17.5. The molecule has 1 aromatic heterocycles. The Morgan fingerprint density at radius 1 is 1.14 bits per heavy atom. The lowest BCUT2D eigenvalue weighted by atomic mass is 9.99. The molecule has 0 aliphatic rings. The van der Waals surface area contributed by atoms with E-state index in [1.165, 1.54) is 0 Å². The largest absolute Gasteiger partial charge is 0.493 e. The highest BCUT2D eigenvalue weighted by molar-refractivity contribution is 5.70. The van der Waals surface area contributed by atoms with E-state index in [4.69, 9.17) is 0 Å². The van der Waals surface area contributed by atoms with Crippen molar-refractivity contribution >= 4 is 0 Å². The third-order valence-corrected chi connectivity index (χ3v) is 4.85.